The molecule has 0 saturated carbocycles. The molecule has 3 aliphatic rings. The normalized spacial score (nSPS) is 39.2. The van der Waals surface area contributed by atoms with E-state index >= 15 is 0 Å². The molecule has 0 radical (unpaired) electrons. The number of carbonyl (C=O) groups excluding carboxylic acids is 3. The summed E-state index contributed by atoms with van der Waals surface area (Å²) in [5.41, 5.74) is -0.564. The van der Waals surface area contributed by atoms with Gasteiger partial charge in [0.2, 0.25) is 0 Å². The fourth-order valence-corrected chi connectivity index (χ4v) is 8.31. The second-order valence-corrected chi connectivity index (χ2v) is 14.4. The molecule has 0 aromatic heterocycles. The minimum absolute atomic E-state index is 0.0181. The van der Waals surface area contributed by atoms with E-state index in [1.807, 2.05) is 0 Å². The van der Waals surface area contributed by atoms with Crippen LogP contribution in [0.3, 0.4) is 0 Å². The first-order valence-electron chi connectivity index (χ1n) is 15.5. The zero-order valence-corrected chi connectivity index (χ0v) is 27.3. The molecule has 0 saturated heterocycles. The summed E-state index contributed by atoms with van der Waals surface area (Å²) in [6, 6.07) is 0. The van der Waals surface area contributed by atoms with Crippen molar-refractivity contribution < 1.29 is 28.6 Å². The van der Waals surface area contributed by atoms with Crippen LogP contribution in [0.25, 0.3) is 0 Å². The average molecular weight is 571 g/mol. The highest BCUT2D eigenvalue weighted by atomic mass is 16.6. The van der Waals surface area contributed by atoms with Crippen molar-refractivity contribution in [3.05, 3.63) is 36.5 Å². The molecular weight excluding hydrogens is 516 g/mol. The number of esters is 3. The molecule has 0 spiro atoms. The highest BCUT2D eigenvalue weighted by molar-refractivity contribution is 5.67. The fraction of sp³-hybridized carbons (Fsp3) is 0.743. The molecule has 0 aromatic carbocycles. The van der Waals surface area contributed by atoms with Crippen molar-refractivity contribution in [1.82, 2.24) is 0 Å². The molecule has 3 rings (SSSR count). The van der Waals surface area contributed by atoms with Crippen LogP contribution in [-0.4, -0.2) is 36.2 Å². The summed E-state index contributed by atoms with van der Waals surface area (Å²) in [7, 11) is 0. The molecule has 0 aliphatic heterocycles. The van der Waals surface area contributed by atoms with Gasteiger partial charge in [0.1, 0.15) is 18.3 Å². The minimum atomic E-state index is -0.333. The Hall–Kier alpha value is -2.37. The Morgan fingerprint density at radius 2 is 0.780 bits per heavy atom. The monoisotopic (exact) mass is 570 g/mol. The maximum absolute atomic E-state index is 12.5. The molecule has 0 fully saturated rings. The molecule has 12 atom stereocenters. The molecule has 6 heteroatoms. The molecule has 41 heavy (non-hydrogen) atoms. The summed E-state index contributed by atoms with van der Waals surface area (Å²) in [4.78, 5) is 36.6. The smallest absolute Gasteiger partial charge is 0.302 e. The zero-order valence-electron chi connectivity index (χ0n) is 27.3. The number of ether oxygens (including phenoxy) is 3. The van der Waals surface area contributed by atoms with E-state index in [2.05, 4.69) is 98.8 Å². The Morgan fingerprint density at radius 1 is 0.463 bits per heavy atom. The number of hydrogen-bond donors (Lipinski definition) is 0. The van der Waals surface area contributed by atoms with E-state index in [0.717, 1.165) is 0 Å². The Labute approximate surface area is 248 Å². The number of rotatable bonds is 7. The molecule has 6 nitrogen and oxygen atoms in total. The molecule has 6 unspecified atom stereocenters. The highest BCUT2D eigenvalue weighted by Gasteiger charge is 2.54. The summed E-state index contributed by atoms with van der Waals surface area (Å²) in [6.07, 6.45) is 12.7. The standard InChI is InChI=1S/C35H54O6/c1-19-13-16-29(32(21(19)3)40-25(7)37)35(11,12)28-17-18-30(33(23(28)5)41-26(8)38)34(9,10)27-15-14-20(2)31(22(27)4)39-24(6)36/h13-23,27-33H,1-12H3/t19?,20?,21-,22-,23+,27?,28?,29?,30?,31+,32-,33+/m0/s1. The van der Waals surface area contributed by atoms with E-state index in [1.54, 1.807) is 0 Å². The van der Waals surface area contributed by atoms with Crippen LogP contribution in [0.15, 0.2) is 36.5 Å². The average Bonchev–Trinajstić information content (AvgIpc) is 2.84. The first kappa shape index (κ1) is 33.1. The Balaban J connectivity index is 2.01. The fourth-order valence-electron chi connectivity index (χ4n) is 8.31. The molecule has 3 aliphatic carbocycles. The van der Waals surface area contributed by atoms with Gasteiger partial charge in [0.15, 0.2) is 0 Å². The molecule has 0 amide bonds. The van der Waals surface area contributed by atoms with Crippen molar-refractivity contribution >= 4 is 17.9 Å². The van der Waals surface area contributed by atoms with Crippen molar-refractivity contribution in [2.45, 2.75) is 101 Å². The Bertz CT molecular complexity index is 1070. The predicted molar refractivity (Wildman–Crippen MR) is 161 cm³/mol. The second-order valence-electron chi connectivity index (χ2n) is 14.4. The third kappa shape index (κ3) is 6.67. The van der Waals surface area contributed by atoms with E-state index in [4.69, 9.17) is 14.2 Å². The van der Waals surface area contributed by atoms with Gasteiger partial charge in [-0.1, -0.05) is 98.8 Å². The van der Waals surface area contributed by atoms with Crippen LogP contribution >= 0.6 is 0 Å². The van der Waals surface area contributed by atoms with Crippen molar-refractivity contribution in [3.63, 3.8) is 0 Å². The van der Waals surface area contributed by atoms with E-state index in [1.165, 1.54) is 20.8 Å². The van der Waals surface area contributed by atoms with Gasteiger partial charge in [0.25, 0.3) is 0 Å². The van der Waals surface area contributed by atoms with Crippen LogP contribution in [0, 0.1) is 64.1 Å². The lowest BCUT2D eigenvalue weighted by Gasteiger charge is -2.54. The van der Waals surface area contributed by atoms with Crippen LogP contribution in [-0.2, 0) is 28.6 Å². The SMILES string of the molecule is CC(=O)O[C@@H]1C(C(C)(C)C2C=CC(C(C)(C)C3C=CC(C)[C@@H](OC(C)=O)[C@H]3C)[C@H](OC(C)=O)[C@@H]2C)C=CC(C)[C@@H]1C. The van der Waals surface area contributed by atoms with E-state index in [-0.39, 0.29) is 94.4 Å². The van der Waals surface area contributed by atoms with Crippen molar-refractivity contribution in [1.29, 1.82) is 0 Å². The van der Waals surface area contributed by atoms with Gasteiger partial charge < -0.3 is 14.2 Å². The van der Waals surface area contributed by atoms with Crippen molar-refractivity contribution in [3.8, 4) is 0 Å². The van der Waals surface area contributed by atoms with Crippen molar-refractivity contribution in [2.75, 3.05) is 0 Å². The van der Waals surface area contributed by atoms with Gasteiger partial charge in [-0.05, 0) is 34.5 Å². The lowest BCUT2D eigenvalue weighted by atomic mass is 9.53. The number of carbonyl (C=O) groups is 3. The predicted octanol–water partition coefficient (Wildman–Crippen LogP) is 7.19. The van der Waals surface area contributed by atoms with Gasteiger partial charge in [-0.2, -0.15) is 0 Å². The third-order valence-corrected chi connectivity index (χ3v) is 10.9. The zero-order chi connectivity index (χ0) is 31.0. The molecule has 0 aromatic rings. The van der Waals surface area contributed by atoms with E-state index in [0.29, 0.717) is 5.92 Å². The maximum Gasteiger partial charge on any atom is 0.302 e. The Kier molecular flexibility index (Phi) is 10.1. The lowest BCUT2D eigenvalue weighted by molar-refractivity contribution is -0.165. The number of hydrogen-bond acceptors (Lipinski definition) is 6. The van der Waals surface area contributed by atoms with Crippen LogP contribution in [0.1, 0.15) is 83.1 Å². The van der Waals surface area contributed by atoms with Crippen LogP contribution < -0.4 is 0 Å². The van der Waals surface area contributed by atoms with Crippen LogP contribution in [0.5, 0.6) is 0 Å². The lowest BCUT2D eigenvalue weighted by Crippen LogP contribution is -2.54. The Morgan fingerprint density at radius 3 is 1.24 bits per heavy atom. The van der Waals surface area contributed by atoms with Gasteiger partial charge in [-0.15, -0.1) is 0 Å². The minimum Gasteiger partial charge on any atom is -0.462 e. The molecular formula is C35H54O6. The van der Waals surface area contributed by atoms with Gasteiger partial charge in [0.05, 0.1) is 0 Å². The van der Waals surface area contributed by atoms with Crippen LogP contribution in [0.4, 0.5) is 0 Å². The summed E-state index contributed by atoms with van der Waals surface area (Å²) < 4.78 is 17.9. The van der Waals surface area contributed by atoms with Gasteiger partial charge in [0, 0.05) is 50.4 Å². The van der Waals surface area contributed by atoms with Gasteiger partial charge in [-0.3, -0.25) is 14.4 Å². The van der Waals surface area contributed by atoms with E-state index in [9.17, 15) is 14.4 Å². The quantitative estimate of drug-likeness (QED) is 0.183. The highest BCUT2D eigenvalue weighted by Crippen LogP contribution is 2.55. The molecule has 0 N–H and O–H groups in total. The largest absolute Gasteiger partial charge is 0.462 e. The second kappa shape index (κ2) is 12.5. The van der Waals surface area contributed by atoms with Gasteiger partial charge in [-0.25, -0.2) is 0 Å². The number of allylic oxidation sites excluding steroid dienone is 3. The molecule has 0 bridgehead atoms. The summed E-state index contributed by atoms with van der Waals surface area (Å²) in [6.45, 7) is 24.2. The molecule has 230 valence electrons. The summed E-state index contributed by atoms with van der Waals surface area (Å²) >= 11 is 0. The molecule has 0 heterocycles. The first-order chi connectivity index (χ1) is 18.9. The first-order valence-corrected chi connectivity index (χ1v) is 15.5. The third-order valence-electron chi connectivity index (χ3n) is 10.9. The van der Waals surface area contributed by atoms with Gasteiger partial charge >= 0.3 is 17.9 Å². The summed E-state index contributed by atoms with van der Waals surface area (Å²) in [5, 5.41) is 0. The van der Waals surface area contributed by atoms with E-state index < -0.39 is 0 Å². The topological polar surface area (TPSA) is 78.9 Å². The summed E-state index contributed by atoms with van der Waals surface area (Å²) in [5.74, 6) is 0.140. The maximum atomic E-state index is 12.5. The van der Waals surface area contributed by atoms with Crippen molar-refractivity contribution in [2.24, 2.45) is 64.1 Å². The van der Waals surface area contributed by atoms with Crippen LogP contribution in [0.2, 0.25) is 0 Å².